The predicted octanol–water partition coefficient (Wildman–Crippen LogP) is 3.39. The average molecular weight is 176 g/mol. The number of rotatable bonds is 1. The van der Waals surface area contributed by atoms with E-state index >= 15 is 0 Å². The lowest BCUT2D eigenvalue weighted by molar-refractivity contribution is 1.39. The zero-order chi connectivity index (χ0) is 7.98. The number of hydrogen-bond donors (Lipinski definition) is 0. The fraction of sp³-hybridized carbons (Fsp3) is 0.750. The van der Waals surface area contributed by atoms with Crippen LogP contribution in [0.15, 0.2) is 12.2 Å². The van der Waals surface area contributed by atoms with Gasteiger partial charge in [-0.1, -0.05) is 26.0 Å². The van der Waals surface area contributed by atoms with Crippen LogP contribution in [0.5, 0.6) is 0 Å². The van der Waals surface area contributed by atoms with Gasteiger partial charge in [-0.2, -0.15) is 0 Å². The molecular formula is C8H16S2. The Labute approximate surface area is 72.9 Å². The van der Waals surface area contributed by atoms with Crippen LogP contribution in [0, 0.1) is 0 Å². The third-order valence-electron chi connectivity index (χ3n) is 1.02. The fourth-order valence-electron chi connectivity index (χ4n) is 0.643. The van der Waals surface area contributed by atoms with Gasteiger partial charge >= 0.3 is 0 Å². The van der Waals surface area contributed by atoms with Crippen LogP contribution in [0.4, 0.5) is 0 Å². The predicted molar refractivity (Wildman–Crippen MR) is 54.9 cm³/mol. The van der Waals surface area contributed by atoms with Gasteiger partial charge in [-0.05, 0) is 6.92 Å². The largest absolute Gasteiger partial charge is 0.142 e. The molecule has 2 heteroatoms. The van der Waals surface area contributed by atoms with Crippen LogP contribution < -0.4 is 0 Å². The van der Waals surface area contributed by atoms with E-state index in [0.29, 0.717) is 4.58 Å². The molecule has 0 radical (unpaired) electrons. The van der Waals surface area contributed by atoms with Crippen molar-refractivity contribution in [3.05, 3.63) is 12.2 Å². The van der Waals surface area contributed by atoms with E-state index < -0.39 is 0 Å². The summed E-state index contributed by atoms with van der Waals surface area (Å²) in [6, 6.07) is 0. The summed E-state index contributed by atoms with van der Waals surface area (Å²) in [4.78, 5) is 0. The van der Waals surface area contributed by atoms with Crippen molar-refractivity contribution in [2.24, 2.45) is 0 Å². The molecule has 1 rings (SSSR count). The van der Waals surface area contributed by atoms with Crippen LogP contribution in [-0.4, -0.2) is 16.1 Å². The lowest BCUT2D eigenvalue weighted by atomic mass is 10.4. The van der Waals surface area contributed by atoms with Gasteiger partial charge in [0, 0.05) is 11.5 Å². The van der Waals surface area contributed by atoms with E-state index in [1.54, 1.807) is 0 Å². The highest BCUT2D eigenvalue weighted by Crippen LogP contribution is 2.35. The molecule has 0 aromatic carbocycles. The lowest BCUT2D eigenvalue weighted by Gasteiger charge is -2.03. The van der Waals surface area contributed by atoms with Gasteiger partial charge in [0.05, 0.1) is 4.58 Å². The second-order valence-electron chi connectivity index (χ2n) is 1.92. The van der Waals surface area contributed by atoms with E-state index in [-0.39, 0.29) is 0 Å². The van der Waals surface area contributed by atoms with Crippen molar-refractivity contribution in [2.45, 2.75) is 25.4 Å². The molecule has 1 aliphatic rings. The summed E-state index contributed by atoms with van der Waals surface area (Å²) in [5, 5.41) is 0. The molecular weight excluding hydrogens is 160 g/mol. The first-order chi connectivity index (χ1) is 4.80. The molecule has 0 bridgehead atoms. The van der Waals surface area contributed by atoms with Crippen molar-refractivity contribution < 1.29 is 0 Å². The summed E-state index contributed by atoms with van der Waals surface area (Å²) in [6.07, 6.45) is 0. The first-order valence-corrected chi connectivity index (χ1v) is 5.79. The minimum absolute atomic E-state index is 0.704. The smallest absolute Gasteiger partial charge is 0.0706 e. The molecule has 0 N–H and O–H groups in total. The molecule has 1 aliphatic heterocycles. The molecule has 0 unspecified atom stereocenters. The van der Waals surface area contributed by atoms with Gasteiger partial charge in [-0.15, -0.1) is 23.5 Å². The molecule has 1 fully saturated rings. The van der Waals surface area contributed by atoms with E-state index in [1.807, 2.05) is 37.4 Å². The Morgan fingerprint density at radius 1 is 1.30 bits per heavy atom. The second kappa shape index (κ2) is 6.17. The maximum absolute atomic E-state index is 3.90. The van der Waals surface area contributed by atoms with Crippen LogP contribution in [0.2, 0.25) is 0 Å². The van der Waals surface area contributed by atoms with Crippen LogP contribution in [0.25, 0.3) is 0 Å². The third kappa shape index (κ3) is 3.57. The lowest BCUT2D eigenvalue weighted by Crippen LogP contribution is -1.89. The Kier molecular flexibility index (Phi) is 6.44. The Bertz CT molecular complexity index is 93.4. The Hall–Kier alpha value is 0.440. The van der Waals surface area contributed by atoms with E-state index in [0.717, 1.165) is 0 Å². The monoisotopic (exact) mass is 176 g/mol. The molecule has 1 saturated heterocycles. The highest BCUT2D eigenvalue weighted by molar-refractivity contribution is 8.20. The molecule has 10 heavy (non-hydrogen) atoms. The topological polar surface area (TPSA) is 0 Å². The SMILES string of the molecule is C=C(C)C1SCCS1.CC. The first kappa shape index (κ1) is 10.4. The third-order valence-corrected chi connectivity index (χ3v) is 4.39. The summed E-state index contributed by atoms with van der Waals surface area (Å²) in [5.74, 6) is 2.62. The van der Waals surface area contributed by atoms with Crippen molar-refractivity contribution in [2.75, 3.05) is 11.5 Å². The summed E-state index contributed by atoms with van der Waals surface area (Å²) < 4.78 is 0.704. The fourth-order valence-corrected chi connectivity index (χ4v) is 3.37. The molecule has 0 spiro atoms. The molecule has 0 atom stereocenters. The average Bonchev–Trinajstić information content (AvgIpc) is 2.42. The van der Waals surface area contributed by atoms with E-state index in [1.165, 1.54) is 17.1 Å². The van der Waals surface area contributed by atoms with Crippen molar-refractivity contribution in [1.82, 2.24) is 0 Å². The van der Waals surface area contributed by atoms with Gasteiger partial charge in [0.2, 0.25) is 0 Å². The Morgan fingerprint density at radius 2 is 1.70 bits per heavy atom. The molecule has 60 valence electrons. The normalized spacial score (nSPS) is 17.9. The van der Waals surface area contributed by atoms with E-state index in [4.69, 9.17) is 0 Å². The molecule has 0 aromatic rings. The maximum Gasteiger partial charge on any atom is 0.0706 e. The molecule has 1 heterocycles. The van der Waals surface area contributed by atoms with Gasteiger partial charge in [0.25, 0.3) is 0 Å². The zero-order valence-corrected chi connectivity index (χ0v) is 8.65. The molecule has 0 nitrogen and oxygen atoms in total. The van der Waals surface area contributed by atoms with Gasteiger partial charge in [0.15, 0.2) is 0 Å². The number of hydrogen-bond acceptors (Lipinski definition) is 2. The highest BCUT2D eigenvalue weighted by Gasteiger charge is 2.15. The second-order valence-corrected chi connectivity index (χ2v) is 4.64. The van der Waals surface area contributed by atoms with Crippen molar-refractivity contribution in [3.63, 3.8) is 0 Å². The molecule has 0 aliphatic carbocycles. The summed E-state index contributed by atoms with van der Waals surface area (Å²) >= 11 is 4.03. The van der Waals surface area contributed by atoms with E-state index in [9.17, 15) is 0 Å². The van der Waals surface area contributed by atoms with Gasteiger partial charge in [0.1, 0.15) is 0 Å². The van der Waals surface area contributed by atoms with Crippen molar-refractivity contribution in [3.8, 4) is 0 Å². The van der Waals surface area contributed by atoms with Crippen LogP contribution in [0.3, 0.4) is 0 Å². The molecule has 0 aromatic heterocycles. The van der Waals surface area contributed by atoms with Crippen molar-refractivity contribution >= 4 is 23.5 Å². The molecule has 0 saturated carbocycles. The first-order valence-electron chi connectivity index (χ1n) is 3.69. The number of thioether (sulfide) groups is 2. The van der Waals surface area contributed by atoms with Crippen molar-refractivity contribution in [1.29, 1.82) is 0 Å². The van der Waals surface area contributed by atoms with Crippen LogP contribution in [0.1, 0.15) is 20.8 Å². The van der Waals surface area contributed by atoms with E-state index in [2.05, 4.69) is 13.5 Å². The highest BCUT2D eigenvalue weighted by atomic mass is 32.2. The minimum atomic E-state index is 0.704. The van der Waals surface area contributed by atoms with Crippen LogP contribution >= 0.6 is 23.5 Å². The van der Waals surface area contributed by atoms with Gasteiger partial charge in [-0.25, -0.2) is 0 Å². The quantitative estimate of drug-likeness (QED) is 0.562. The minimum Gasteiger partial charge on any atom is -0.142 e. The van der Waals surface area contributed by atoms with Gasteiger partial charge in [-0.3, -0.25) is 0 Å². The zero-order valence-electron chi connectivity index (χ0n) is 7.02. The van der Waals surface area contributed by atoms with Crippen LogP contribution in [-0.2, 0) is 0 Å². The van der Waals surface area contributed by atoms with Gasteiger partial charge < -0.3 is 0 Å². The summed E-state index contributed by atoms with van der Waals surface area (Å²) in [7, 11) is 0. The standard InChI is InChI=1S/C6H10S2.C2H6/c1-5(2)6-7-3-4-8-6;1-2/h6H,1,3-4H2,2H3;1-2H3. The summed E-state index contributed by atoms with van der Waals surface area (Å²) in [5.41, 5.74) is 1.32. The molecule has 0 amide bonds. The summed E-state index contributed by atoms with van der Waals surface area (Å²) in [6.45, 7) is 10.0. The Morgan fingerprint density at radius 3 is 1.90 bits per heavy atom. The maximum atomic E-state index is 3.90. The Balaban J connectivity index is 0.000000371.